The molecule has 1 N–H and O–H groups in total. The van der Waals surface area contributed by atoms with Gasteiger partial charge < -0.3 is 9.88 Å². The van der Waals surface area contributed by atoms with E-state index in [-0.39, 0.29) is 0 Å². The lowest BCUT2D eigenvalue weighted by atomic mass is 10.0. The third-order valence-electron chi connectivity index (χ3n) is 3.71. The summed E-state index contributed by atoms with van der Waals surface area (Å²) in [5.74, 6) is 0. The van der Waals surface area contributed by atoms with E-state index < -0.39 is 0 Å². The largest absolute Gasteiger partial charge is 0.347 e. The van der Waals surface area contributed by atoms with Crippen molar-refractivity contribution in [2.24, 2.45) is 7.05 Å². The summed E-state index contributed by atoms with van der Waals surface area (Å²) >= 11 is 0. The topological polar surface area (TPSA) is 17.0 Å². The van der Waals surface area contributed by atoms with E-state index in [0.29, 0.717) is 6.04 Å². The molecule has 1 unspecified atom stereocenters. The molecule has 1 aliphatic heterocycles. The first-order valence-electron chi connectivity index (χ1n) is 6.06. The van der Waals surface area contributed by atoms with Crippen LogP contribution in [0.5, 0.6) is 0 Å². The molecule has 0 spiro atoms. The van der Waals surface area contributed by atoms with Gasteiger partial charge >= 0.3 is 0 Å². The van der Waals surface area contributed by atoms with Crippen molar-refractivity contribution in [3.05, 3.63) is 35.5 Å². The van der Waals surface area contributed by atoms with Crippen LogP contribution < -0.4 is 5.32 Å². The summed E-state index contributed by atoms with van der Waals surface area (Å²) in [6.45, 7) is 3.37. The number of nitrogens with zero attached hydrogens (tertiary/aromatic N) is 1. The third-order valence-corrected chi connectivity index (χ3v) is 3.71. The zero-order chi connectivity index (χ0) is 11.1. The molecule has 1 aromatic carbocycles. The molecule has 2 heteroatoms. The van der Waals surface area contributed by atoms with Crippen LogP contribution in [0.15, 0.2) is 24.3 Å². The second-order valence-electron chi connectivity index (χ2n) is 4.81. The minimum Gasteiger partial charge on any atom is -0.347 e. The van der Waals surface area contributed by atoms with Crippen molar-refractivity contribution in [1.82, 2.24) is 9.88 Å². The highest BCUT2D eigenvalue weighted by molar-refractivity contribution is 5.85. The van der Waals surface area contributed by atoms with Gasteiger partial charge in [-0.1, -0.05) is 18.2 Å². The van der Waals surface area contributed by atoms with Gasteiger partial charge in [-0.3, -0.25) is 0 Å². The molecule has 0 aliphatic carbocycles. The smallest absolute Gasteiger partial charge is 0.0482 e. The SMILES string of the molecule is CC1Cc2c(n(C)c3ccccc23)CCN1. The summed E-state index contributed by atoms with van der Waals surface area (Å²) in [6, 6.07) is 9.34. The fourth-order valence-electron chi connectivity index (χ4n) is 2.89. The Labute approximate surface area is 96.3 Å². The lowest BCUT2D eigenvalue weighted by Crippen LogP contribution is -2.27. The molecule has 1 aliphatic rings. The van der Waals surface area contributed by atoms with E-state index in [9.17, 15) is 0 Å². The first-order valence-corrected chi connectivity index (χ1v) is 6.06. The number of aryl methyl sites for hydroxylation is 1. The van der Waals surface area contributed by atoms with E-state index in [0.717, 1.165) is 19.4 Å². The quantitative estimate of drug-likeness (QED) is 0.712. The molecule has 1 aromatic heterocycles. The molecule has 0 amide bonds. The Morgan fingerprint density at radius 2 is 2.12 bits per heavy atom. The molecule has 0 saturated carbocycles. The van der Waals surface area contributed by atoms with Crippen LogP contribution in [0.3, 0.4) is 0 Å². The second-order valence-corrected chi connectivity index (χ2v) is 4.81. The molecule has 3 rings (SSSR count). The van der Waals surface area contributed by atoms with Crippen LogP contribution in [-0.2, 0) is 19.9 Å². The standard InChI is InChI=1S/C14H18N2/c1-10-9-12-11-5-3-4-6-13(11)16(2)14(12)7-8-15-10/h3-6,10,15H,7-9H2,1-2H3. The van der Waals surface area contributed by atoms with Crippen molar-refractivity contribution in [2.45, 2.75) is 25.8 Å². The van der Waals surface area contributed by atoms with E-state index in [1.54, 1.807) is 5.56 Å². The van der Waals surface area contributed by atoms with Crippen LogP contribution in [0.25, 0.3) is 10.9 Å². The molecule has 1 atom stereocenters. The van der Waals surface area contributed by atoms with E-state index >= 15 is 0 Å². The number of fused-ring (bicyclic) bond motifs is 3. The number of hydrogen-bond acceptors (Lipinski definition) is 1. The van der Waals surface area contributed by atoms with Gasteiger partial charge in [0, 0.05) is 42.7 Å². The molecule has 2 heterocycles. The van der Waals surface area contributed by atoms with Gasteiger partial charge in [-0.2, -0.15) is 0 Å². The Hall–Kier alpha value is -1.28. The Balaban J connectivity index is 2.28. The van der Waals surface area contributed by atoms with Crippen molar-refractivity contribution in [1.29, 1.82) is 0 Å². The van der Waals surface area contributed by atoms with Gasteiger partial charge in [0.25, 0.3) is 0 Å². The number of rotatable bonds is 0. The van der Waals surface area contributed by atoms with Gasteiger partial charge in [0.15, 0.2) is 0 Å². The van der Waals surface area contributed by atoms with Gasteiger partial charge in [-0.15, -0.1) is 0 Å². The predicted molar refractivity (Wildman–Crippen MR) is 67.8 cm³/mol. The summed E-state index contributed by atoms with van der Waals surface area (Å²) in [4.78, 5) is 0. The fraction of sp³-hybridized carbons (Fsp3) is 0.429. The zero-order valence-electron chi connectivity index (χ0n) is 9.96. The van der Waals surface area contributed by atoms with Crippen molar-refractivity contribution >= 4 is 10.9 Å². The normalized spacial score (nSPS) is 20.8. The van der Waals surface area contributed by atoms with Gasteiger partial charge in [-0.05, 0) is 25.0 Å². The Bertz CT molecular complexity index is 525. The Morgan fingerprint density at radius 1 is 1.31 bits per heavy atom. The summed E-state index contributed by atoms with van der Waals surface area (Å²) in [5.41, 5.74) is 4.44. The number of para-hydroxylation sites is 1. The molecular weight excluding hydrogens is 196 g/mol. The number of nitrogens with one attached hydrogen (secondary N) is 1. The lowest BCUT2D eigenvalue weighted by molar-refractivity contribution is 0.567. The van der Waals surface area contributed by atoms with Gasteiger partial charge in [0.1, 0.15) is 0 Å². The van der Waals surface area contributed by atoms with Crippen LogP contribution in [-0.4, -0.2) is 17.2 Å². The van der Waals surface area contributed by atoms with Gasteiger partial charge in [0.05, 0.1) is 0 Å². The van der Waals surface area contributed by atoms with Crippen LogP contribution in [0.2, 0.25) is 0 Å². The van der Waals surface area contributed by atoms with Crippen molar-refractivity contribution in [3.63, 3.8) is 0 Å². The highest BCUT2D eigenvalue weighted by Gasteiger charge is 2.19. The van der Waals surface area contributed by atoms with Gasteiger partial charge in [-0.25, -0.2) is 0 Å². The van der Waals surface area contributed by atoms with Crippen LogP contribution in [0.1, 0.15) is 18.2 Å². The molecule has 0 radical (unpaired) electrons. The van der Waals surface area contributed by atoms with Crippen molar-refractivity contribution < 1.29 is 0 Å². The van der Waals surface area contributed by atoms with Crippen LogP contribution in [0, 0.1) is 0 Å². The predicted octanol–water partition coefficient (Wildman–Crippen LogP) is 2.25. The zero-order valence-corrected chi connectivity index (χ0v) is 9.96. The van der Waals surface area contributed by atoms with Crippen LogP contribution in [0.4, 0.5) is 0 Å². The summed E-state index contributed by atoms with van der Waals surface area (Å²) < 4.78 is 2.37. The Kier molecular flexibility index (Phi) is 2.25. The van der Waals surface area contributed by atoms with E-state index in [1.807, 2.05) is 0 Å². The number of hydrogen-bond donors (Lipinski definition) is 1. The second kappa shape index (κ2) is 3.63. The average molecular weight is 214 g/mol. The summed E-state index contributed by atoms with van der Waals surface area (Å²) in [6.07, 6.45) is 2.29. The maximum atomic E-state index is 3.56. The minimum absolute atomic E-state index is 0.590. The molecule has 0 fully saturated rings. The lowest BCUT2D eigenvalue weighted by Gasteiger charge is -2.08. The molecule has 2 nitrogen and oxygen atoms in total. The average Bonchev–Trinajstić information content (AvgIpc) is 2.47. The molecule has 16 heavy (non-hydrogen) atoms. The minimum atomic E-state index is 0.590. The highest BCUT2D eigenvalue weighted by atomic mass is 15.0. The fourth-order valence-corrected chi connectivity index (χ4v) is 2.89. The van der Waals surface area contributed by atoms with E-state index in [2.05, 4.69) is 48.1 Å². The van der Waals surface area contributed by atoms with Crippen LogP contribution >= 0.6 is 0 Å². The van der Waals surface area contributed by atoms with E-state index in [4.69, 9.17) is 0 Å². The molecule has 2 aromatic rings. The van der Waals surface area contributed by atoms with Crippen molar-refractivity contribution in [2.75, 3.05) is 6.54 Å². The summed E-state index contributed by atoms with van der Waals surface area (Å²) in [7, 11) is 2.19. The maximum absolute atomic E-state index is 3.56. The molecule has 0 saturated heterocycles. The summed E-state index contributed by atoms with van der Waals surface area (Å²) in [5, 5.41) is 5.00. The molecule has 84 valence electrons. The maximum Gasteiger partial charge on any atom is 0.0482 e. The van der Waals surface area contributed by atoms with Gasteiger partial charge in [0.2, 0.25) is 0 Å². The number of aromatic nitrogens is 1. The molecular formula is C14H18N2. The first kappa shape index (κ1) is 9.91. The van der Waals surface area contributed by atoms with Crippen molar-refractivity contribution in [3.8, 4) is 0 Å². The monoisotopic (exact) mass is 214 g/mol. The highest BCUT2D eigenvalue weighted by Crippen LogP contribution is 2.27. The third kappa shape index (κ3) is 1.37. The Morgan fingerprint density at radius 3 is 3.00 bits per heavy atom. The molecule has 0 bridgehead atoms. The first-order chi connectivity index (χ1) is 7.77. The van der Waals surface area contributed by atoms with E-state index in [1.165, 1.54) is 16.6 Å². The number of benzene rings is 1.